The molecule has 4 heteroatoms. The fraction of sp³-hybridized carbons (Fsp3) is 0.115. The van der Waals surface area contributed by atoms with Gasteiger partial charge in [-0.1, -0.05) is 70.5 Å². The van der Waals surface area contributed by atoms with Gasteiger partial charge in [-0.15, -0.1) is 0 Å². The molecule has 1 amide bonds. The van der Waals surface area contributed by atoms with Gasteiger partial charge in [0, 0.05) is 22.5 Å². The molecule has 1 atom stereocenters. The minimum atomic E-state index is -0.273. The Labute approximate surface area is 183 Å². The molecule has 0 radical (unpaired) electrons. The summed E-state index contributed by atoms with van der Waals surface area (Å²) < 4.78 is 14.3. The molecule has 148 valence electrons. The number of hydrogen-bond donors (Lipinski definition) is 0. The highest BCUT2D eigenvalue weighted by molar-refractivity contribution is 9.10. The number of halogens is 2. The highest BCUT2D eigenvalue weighted by Gasteiger charge is 2.33. The van der Waals surface area contributed by atoms with E-state index in [1.807, 2.05) is 35.2 Å². The lowest BCUT2D eigenvalue weighted by Crippen LogP contribution is -2.36. The Morgan fingerprint density at radius 2 is 1.73 bits per heavy atom. The van der Waals surface area contributed by atoms with Crippen molar-refractivity contribution >= 4 is 38.3 Å². The van der Waals surface area contributed by atoms with Crippen molar-refractivity contribution in [1.82, 2.24) is 0 Å². The Morgan fingerprint density at radius 3 is 2.53 bits per heavy atom. The maximum Gasteiger partial charge on any atom is 0.228 e. The number of carbonyl (C=O) groups is 1. The van der Waals surface area contributed by atoms with Crippen LogP contribution in [0.4, 0.5) is 10.1 Å². The molecule has 4 aromatic carbocycles. The number of amides is 1. The van der Waals surface area contributed by atoms with Crippen LogP contribution in [0.2, 0.25) is 0 Å². The number of anilines is 1. The standard InChI is InChI=1S/C26H19BrFNO/c27-20-6-3-5-19(14-20)23-15-25(30)29(16-17-8-11-21(28)12-9-17)24-13-10-18-4-1-2-7-22(18)26(23)24/h1-14,23H,15-16H2. The van der Waals surface area contributed by atoms with Crippen LogP contribution in [-0.4, -0.2) is 5.91 Å². The van der Waals surface area contributed by atoms with Crippen LogP contribution in [0.25, 0.3) is 10.8 Å². The van der Waals surface area contributed by atoms with Gasteiger partial charge < -0.3 is 4.90 Å². The second-order valence-corrected chi connectivity index (χ2v) is 8.55. The highest BCUT2D eigenvalue weighted by atomic mass is 79.9. The summed E-state index contributed by atoms with van der Waals surface area (Å²) >= 11 is 3.57. The van der Waals surface area contributed by atoms with E-state index in [4.69, 9.17) is 0 Å². The maximum atomic E-state index is 13.3. The van der Waals surface area contributed by atoms with Crippen molar-refractivity contribution in [2.45, 2.75) is 18.9 Å². The van der Waals surface area contributed by atoms with E-state index in [-0.39, 0.29) is 17.6 Å². The van der Waals surface area contributed by atoms with Crippen LogP contribution in [0.1, 0.15) is 29.0 Å². The van der Waals surface area contributed by atoms with Crippen LogP contribution in [-0.2, 0) is 11.3 Å². The van der Waals surface area contributed by atoms with Crippen molar-refractivity contribution in [2.75, 3.05) is 4.90 Å². The Kier molecular flexibility index (Phi) is 4.87. The van der Waals surface area contributed by atoms with Crippen molar-refractivity contribution in [3.8, 4) is 0 Å². The van der Waals surface area contributed by atoms with E-state index >= 15 is 0 Å². The molecule has 1 aliphatic rings. The lowest BCUT2D eigenvalue weighted by atomic mass is 9.81. The SMILES string of the molecule is O=C1CC(c2cccc(Br)c2)c2c(ccc3ccccc23)N1Cc1ccc(F)cc1. The van der Waals surface area contributed by atoms with Gasteiger partial charge in [-0.3, -0.25) is 4.79 Å². The van der Waals surface area contributed by atoms with Crippen molar-refractivity contribution in [3.63, 3.8) is 0 Å². The van der Waals surface area contributed by atoms with Crippen LogP contribution in [0.15, 0.2) is 89.4 Å². The fourth-order valence-corrected chi connectivity index (χ4v) is 4.78. The predicted octanol–water partition coefficient (Wildman–Crippen LogP) is 6.81. The summed E-state index contributed by atoms with van der Waals surface area (Å²) in [6.07, 6.45) is 0.401. The second-order valence-electron chi connectivity index (χ2n) is 7.64. The van der Waals surface area contributed by atoms with E-state index in [1.54, 1.807) is 12.1 Å². The molecule has 1 unspecified atom stereocenters. The first kappa shape index (κ1) is 19.0. The van der Waals surface area contributed by atoms with Gasteiger partial charge in [0.2, 0.25) is 5.91 Å². The van der Waals surface area contributed by atoms with E-state index in [2.05, 4.69) is 46.3 Å². The van der Waals surface area contributed by atoms with E-state index in [9.17, 15) is 9.18 Å². The molecule has 30 heavy (non-hydrogen) atoms. The van der Waals surface area contributed by atoms with Gasteiger partial charge in [0.1, 0.15) is 5.82 Å². The molecule has 0 fully saturated rings. The molecule has 0 spiro atoms. The summed E-state index contributed by atoms with van der Waals surface area (Å²) in [7, 11) is 0. The molecule has 0 aliphatic carbocycles. The van der Waals surface area contributed by atoms with Crippen molar-refractivity contribution in [1.29, 1.82) is 0 Å². The third-order valence-corrected chi connectivity index (χ3v) is 6.26. The summed E-state index contributed by atoms with van der Waals surface area (Å²) in [5.41, 5.74) is 4.13. The summed E-state index contributed by atoms with van der Waals surface area (Å²) in [6.45, 7) is 0.426. The second kappa shape index (κ2) is 7.69. The summed E-state index contributed by atoms with van der Waals surface area (Å²) in [4.78, 5) is 15.1. The molecule has 0 saturated heterocycles. The molecule has 4 aromatic rings. The Bertz CT molecular complexity index is 1250. The molecular formula is C26H19BrFNO. The zero-order chi connectivity index (χ0) is 20.7. The maximum absolute atomic E-state index is 13.3. The first-order valence-electron chi connectivity index (χ1n) is 9.92. The largest absolute Gasteiger partial charge is 0.308 e. The number of carbonyl (C=O) groups excluding carboxylic acids is 1. The van der Waals surface area contributed by atoms with E-state index in [1.165, 1.54) is 17.7 Å². The van der Waals surface area contributed by atoms with Crippen molar-refractivity contribution in [3.05, 3.63) is 112 Å². The zero-order valence-corrected chi connectivity index (χ0v) is 17.8. The van der Waals surface area contributed by atoms with Crippen LogP contribution >= 0.6 is 15.9 Å². The number of hydrogen-bond acceptors (Lipinski definition) is 1. The first-order valence-corrected chi connectivity index (χ1v) is 10.7. The van der Waals surface area contributed by atoms with Gasteiger partial charge in [0.25, 0.3) is 0 Å². The van der Waals surface area contributed by atoms with E-state index in [0.717, 1.165) is 32.1 Å². The van der Waals surface area contributed by atoms with Crippen LogP contribution in [0, 0.1) is 5.82 Å². The third-order valence-electron chi connectivity index (χ3n) is 5.77. The van der Waals surface area contributed by atoms with E-state index in [0.29, 0.717) is 13.0 Å². The predicted molar refractivity (Wildman–Crippen MR) is 122 cm³/mol. The molecule has 0 N–H and O–H groups in total. The smallest absolute Gasteiger partial charge is 0.228 e. The van der Waals surface area contributed by atoms with Crippen LogP contribution in [0.3, 0.4) is 0 Å². The summed E-state index contributed by atoms with van der Waals surface area (Å²) in [5.74, 6) is -0.211. The zero-order valence-electron chi connectivity index (χ0n) is 16.2. The molecule has 1 aliphatic heterocycles. The lowest BCUT2D eigenvalue weighted by Gasteiger charge is -2.35. The van der Waals surface area contributed by atoms with Crippen molar-refractivity contribution in [2.24, 2.45) is 0 Å². The molecule has 0 aromatic heterocycles. The molecular weight excluding hydrogens is 441 g/mol. The quantitative estimate of drug-likeness (QED) is 0.329. The number of rotatable bonds is 3. The molecule has 1 heterocycles. The Balaban J connectivity index is 1.68. The number of nitrogens with zero attached hydrogens (tertiary/aromatic N) is 1. The number of fused-ring (bicyclic) bond motifs is 3. The van der Waals surface area contributed by atoms with Gasteiger partial charge >= 0.3 is 0 Å². The van der Waals surface area contributed by atoms with Gasteiger partial charge in [0.15, 0.2) is 0 Å². The monoisotopic (exact) mass is 459 g/mol. The topological polar surface area (TPSA) is 20.3 Å². The minimum absolute atomic E-state index is 0.0134. The fourth-order valence-electron chi connectivity index (χ4n) is 4.36. The highest BCUT2D eigenvalue weighted by Crippen LogP contribution is 2.44. The van der Waals surface area contributed by atoms with Crippen LogP contribution < -0.4 is 4.90 Å². The molecule has 0 bridgehead atoms. The average Bonchev–Trinajstić information content (AvgIpc) is 2.76. The van der Waals surface area contributed by atoms with Gasteiger partial charge in [0.05, 0.1) is 6.54 Å². The van der Waals surface area contributed by atoms with Gasteiger partial charge in [-0.05, 0) is 57.8 Å². The molecule has 2 nitrogen and oxygen atoms in total. The van der Waals surface area contributed by atoms with Crippen LogP contribution in [0.5, 0.6) is 0 Å². The normalized spacial score (nSPS) is 16.0. The average molecular weight is 460 g/mol. The minimum Gasteiger partial charge on any atom is -0.308 e. The third kappa shape index (κ3) is 3.41. The molecule has 0 saturated carbocycles. The summed E-state index contributed by atoms with van der Waals surface area (Å²) in [5, 5.41) is 2.32. The number of benzene rings is 4. The Morgan fingerprint density at radius 1 is 0.933 bits per heavy atom. The van der Waals surface area contributed by atoms with E-state index < -0.39 is 0 Å². The lowest BCUT2D eigenvalue weighted by molar-refractivity contribution is -0.119. The van der Waals surface area contributed by atoms with Gasteiger partial charge in [-0.2, -0.15) is 0 Å². The first-order chi connectivity index (χ1) is 14.6. The molecule has 5 rings (SSSR count). The van der Waals surface area contributed by atoms with Gasteiger partial charge in [-0.25, -0.2) is 4.39 Å². The summed E-state index contributed by atoms with van der Waals surface area (Å²) in [6, 6.07) is 27.0. The van der Waals surface area contributed by atoms with Crippen molar-refractivity contribution < 1.29 is 9.18 Å². The Hall–Kier alpha value is -2.98.